The van der Waals surface area contributed by atoms with Gasteiger partial charge in [-0.1, -0.05) is 0 Å². The molecule has 4 nitrogen and oxygen atoms in total. The summed E-state index contributed by atoms with van der Waals surface area (Å²) in [6.45, 7) is 2.37. The maximum atomic E-state index is 11.5. The number of pyridine rings is 1. The van der Waals surface area contributed by atoms with Crippen LogP contribution in [0.15, 0.2) is 23.1 Å². The summed E-state index contributed by atoms with van der Waals surface area (Å²) >= 11 is 5.73. The average molecular weight is 229 g/mol. The second-order valence-electron chi connectivity index (χ2n) is 3.27. The molecule has 15 heavy (non-hydrogen) atoms. The van der Waals surface area contributed by atoms with Crippen LogP contribution >= 0.6 is 11.6 Å². The zero-order chi connectivity index (χ0) is 11.3. The quantitative estimate of drug-likeness (QED) is 0.759. The number of halogens is 1. The van der Waals surface area contributed by atoms with Crippen molar-refractivity contribution in [3.05, 3.63) is 34.2 Å². The monoisotopic (exact) mass is 228 g/mol. The molecule has 0 fully saturated rings. The molecule has 1 unspecified atom stereocenters. The van der Waals surface area contributed by atoms with E-state index in [-0.39, 0.29) is 16.8 Å². The maximum absolute atomic E-state index is 11.5. The number of hydrogen-bond acceptors (Lipinski definition) is 2. The second kappa shape index (κ2) is 5.56. The van der Waals surface area contributed by atoms with E-state index in [1.807, 2.05) is 6.92 Å². The lowest BCUT2D eigenvalue weighted by molar-refractivity contribution is 0.0953. The fourth-order valence-corrected chi connectivity index (χ4v) is 1.18. The Hall–Kier alpha value is -1.29. The van der Waals surface area contributed by atoms with Crippen molar-refractivity contribution in [2.75, 3.05) is 6.54 Å². The lowest BCUT2D eigenvalue weighted by Crippen LogP contribution is -2.26. The summed E-state index contributed by atoms with van der Waals surface area (Å²) in [5, 5.41) is 2.71. The van der Waals surface area contributed by atoms with Gasteiger partial charge in [0, 0.05) is 29.7 Å². The number of alkyl halides is 1. The van der Waals surface area contributed by atoms with Crippen molar-refractivity contribution in [1.29, 1.82) is 0 Å². The Bertz CT molecular complexity index is 387. The van der Waals surface area contributed by atoms with Crippen LogP contribution in [0, 0.1) is 0 Å². The van der Waals surface area contributed by atoms with E-state index >= 15 is 0 Å². The molecule has 1 aromatic heterocycles. The number of aromatic amines is 1. The molecule has 1 rings (SSSR count). The number of hydrogen-bond donors (Lipinski definition) is 2. The van der Waals surface area contributed by atoms with Crippen LogP contribution in [0.5, 0.6) is 0 Å². The summed E-state index contributed by atoms with van der Waals surface area (Å²) in [4.78, 5) is 24.8. The number of H-pyrrole nitrogens is 1. The molecule has 0 aromatic carbocycles. The van der Waals surface area contributed by atoms with Crippen molar-refractivity contribution in [2.24, 2.45) is 0 Å². The fraction of sp³-hybridized carbons (Fsp3) is 0.400. The number of carbonyl (C=O) groups is 1. The molecule has 1 atom stereocenters. The summed E-state index contributed by atoms with van der Waals surface area (Å²) < 4.78 is 0. The number of aromatic nitrogens is 1. The smallest absolute Gasteiger partial charge is 0.251 e. The minimum Gasteiger partial charge on any atom is -0.352 e. The normalized spacial score (nSPS) is 12.1. The molecule has 1 aromatic rings. The van der Waals surface area contributed by atoms with E-state index < -0.39 is 0 Å². The molecular weight excluding hydrogens is 216 g/mol. The van der Waals surface area contributed by atoms with Crippen LogP contribution in [0.3, 0.4) is 0 Å². The van der Waals surface area contributed by atoms with Crippen LogP contribution in [0.1, 0.15) is 23.7 Å². The number of carbonyl (C=O) groups excluding carboxylic acids is 1. The molecule has 0 spiro atoms. The standard InChI is InChI=1S/C10H13ClN2O2/c1-7(11)2-4-13-10(15)8-3-5-12-9(14)6-8/h3,5-7H,2,4H2,1H3,(H,12,14)(H,13,15). The van der Waals surface area contributed by atoms with Crippen molar-refractivity contribution < 1.29 is 4.79 Å². The van der Waals surface area contributed by atoms with Crippen LogP contribution in [-0.4, -0.2) is 22.8 Å². The Morgan fingerprint density at radius 2 is 2.40 bits per heavy atom. The molecule has 0 radical (unpaired) electrons. The highest BCUT2D eigenvalue weighted by Gasteiger charge is 2.05. The molecule has 0 saturated carbocycles. The van der Waals surface area contributed by atoms with Gasteiger partial charge >= 0.3 is 0 Å². The number of amides is 1. The van der Waals surface area contributed by atoms with E-state index in [4.69, 9.17) is 11.6 Å². The van der Waals surface area contributed by atoms with Crippen molar-refractivity contribution in [3.8, 4) is 0 Å². The van der Waals surface area contributed by atoms with Gasteiger partial charge in [0.2, 0.25) is 5.56 Å². The van der Waals surface area contributed by atoms with Gasteiger partial charge in [0.1, 0.15) is 0 Å². The Labute approximate surface area is 92.7 Å². The predicted molar refractivity (Wildman–Crippen MR) is 59.3 cm³/mol. The average Bonchev–Trinajstić information content (AvgIpc) is 2.17. The number of rotatable bonds is 4. The summed E-state index contributed by atoms with van der Waals surface area (Å²) in [6, 6.07) is 2.82. The minimum absolute atomic E-state index is 0.0319. The maximum Gasteiger partial charge on any atom is 0.251 e. The van der Waals surface area contributed by atoms with Crippen molar-refractivity contribution in [3.63, 3.8) is 0 Å². The third-order valence-corrected chi connectivity index (χ3v) is 2.08. The first-order valence-electron chi connectivity index (χ1n) is 4.70. The molecule has 1 amide bonds. The summed E-state index contributed by atoms with van der Waals surface area (Å²) in [5.74, 6) is -0.251. The Kier molecular flexibility index (Phi) is 4.37. The van der Waals surface area contributed by atoms with E-state index in [2.05, 4.69) is 10.3 Å². The van der Waals surface area contributed by atoms with Gasteiger partial charge in [0.25, 0.3) is 5.91 Å². The SMILES string of the molecule is CC(Cl)CCNC(=O)c1cc[nH]c(=O)c1. The molecule has 82 valence electrons. The van der Waals surface area contributed by atoms with Gasteiger partial charge < -0.3 is 10.3 Å². The van der Waals surface area contributed by atoms with Gasteiger partial charge in [0.15, 0.2) is 0 Å². The molecule has 0 aliphatic carbocycles. The zero-order valence-corrected chi connectivity index (χ0v) is 9.17. The summed E-state index contributed by atoms with van der Waals surface area (Å²) in [7, 11) is 0. The third kappa shape index (κ3) is 4.16. The Balaban J connectivity index is 2.51. The summed E-state index contributed by atoms with van der Waals surface area (Å²) in [6.07, 6.45) is 2.15. The molecule has 0 aliphatic rings. The second-order valence-corrected chi connectivity index (χ2v) is 4.01. The minimum atomic E-state index is -0.284. The van der Waals surface area contributed by atoms with E-state index in [0.717, 1.165) is 0 Å². The van der Waals surface area contributed by atoms with E-state index in [1.165, 1.54) is 12.3 Å². The first kappa shape index (κ1) is 11.8. The van der Waals surface area contributed by atoms with Gasteiger partial charge in [-0.25, -0.2) is 0 Å². The van der Waals surface area contributed by atoms with Crippen molar-refractivity contribution in [1.82, 2.24) is 10.3 Å². The third-order valence-electron chi connectivity index (χ3n) is 1.86. The summed E-state index contributed by atoms with van der Waals surface area (Å²) in [5.41, 5.74) is 0.0781. The van der Waals surface area contributed by atoms with Crippen LogP contribution < -0.4 is 10.9 Å². The van der Waals surface area contributed by atoms with Gasteiger partial charge in [-0.15, -0.1) is 11.6 Å². The molecule has 1 heterocycles. The molecule has 0 bridgehead atoms. The van der Waals surface area contributed by atoms with Gasteiger partial charge in [0.05, 0.1) is 0 Å². The van der Waals surface area contributed by atoms with E-state index in [1.54, 1.807) is 6.07 Å². The fourth-order valence-electron chi connectivity index (χ4n) is 1.07. The highest BCUT2D eigenvalue weighted by atomic mass is 35.5. The molecular formula is C10H13ClN2O2. The lowest BCUT2D eigenvalue weighted by Gasteiger charge is -2.05. The highest BCUT2D eigenvalue weighted by Crippen LogP contribution is 1.98. The first-order chi connectivity index (χ1) is 7.09. The molecule has 5 heteroatoms. The first-order valence-corrected chi connectivity index (χ1v) is 5.14. The largest absolute Gasteiger partial charge is 0.352 e. The van der Waals surface area contributed by atoms with Gasteiger partial charge in [-0.05, 0) is 19.4 Å². The van der Waals surface area contributed by atoms with Crippen LogP contribution in [0.4, 0.5) is 0 Å². The molecule has 0 aliphatic heterocycles. The van der Waals surface area contributed by atoms with Crippen LogP contribution in [-0.2, 0) is 0 Å². The van der Waals surface area contributed by atoms with Gasteiger partial charge in [-0.2, -0.15) is 0 Å². The van der Waals surface area contributed by atoms with Crippen molar-refractivity contribution in [2.45, 2.75) is 18.7 Å². The highest BCUT2D eigenvalue weighted by molar-refractivity contribution is 6.20. The number of nitrogens with one attached hydrogen (secondary N) is 2. The lowest BCUT2D eigenvalue weighted by atomic mass is 10.2. The van der Waals surface area contributed by atoms with Crippen LogP contribution in [0.2, 0.25) is 0 Å². The molecule has 0 saturated heterocycles. The Morgan fingerprint density at radius 3 is 3.00 bits per heavy atom. The Morgan fingerprint density at radius 1 is 1.67 bits per heavy atom. The topological polar surface area (TPSA) is 62.0 Å². The zero-order valence-electron chi connectivity index (χ0n) is 8.42. The van der Waals surface area contributed by atoms with Crippen LogP contribution in [0.25, 0.3) is 0 Å². The van der Waals surface area contributed by atoms with E-state index in [0.29, 0.717) is 18.5 Å². The molecule has 2 N–H and O–H groups in total. The van der Waals surface area contributed by atoms with E-state index in [9.17, 15) is 9.59 Å². The van der Waals surface area contributed by atoms with Crippen molar-refractivity contribution >= 4 is 17.5 Å². The predicted octanol–water partition coefficient (Wildman–Crippen LogP) is 1.12. The van der Waals surface area contributed by atoms with Gasteiger partial charge in [-0.3, -0.25) is 9.59 Å².